The van der Waals surface area contributed by atoms with Crippen molar-refractivity contribution >= 4 is 10.0 Å². The summed E-state index contributed by atoms with van der Waals surface area (Å²) in [4.78, 5) is 12.2. The molecule has 1 aromatic carbocycles. The summed E-state index contributed by atoms with van der Waals surface area (Å²) < 4.78 is 37.4. The van der Waals surface area contributed by atoms with Crippen LogP contribution in [0.3, 0.4) is 0 Å². The van der Waals surface area contributed by atoms with E-state index in [1.54, 1.807) is 25.3 Å². The zero-order chi connectivity index (χ0) is 17.9. The lowest BCUT2D eigenvalue weighted by Crippen LogP contribution is -2.26. The molecule has 2 aromatic rings. The van der Waals surface area contributed by atoms with E-state index in [4.69, 9.17) is 9.47 Å². The highest BCUT2D eigenvalue weighted by atomic mass is 32.2. The third-order valence-electron chi connectivity index (χ3n) is 3.56. The normalized spacial score (nSPS) is 11.5. The third kappa shape index (κ3) is 3.60. The smallest absolute Gasteiger partial charge is 0.250 e. The Morgan fingerprint density at radius 2 is 1.79 bits per heavy atom. The summed E-state index contributed by atoms with van der Waals surface area (Å²) >= 11 is 0. The number of aromatic nitrogens is 1. The van der Waals surface area contributed by atoms with Crippen molar-refractivity contribution in [2.75, 3.05) is 28.3 Å². The predicted octanol–water partition coefficient (Wildman–Crippen LogP) is 1.16. The average Bonchev–Trinajstić information content (AvgIpc) is 2.56. The van der Waals surface area contributed by atoms with Gasteiger partial charge in [0, 0.05) is 31.9 Å². The van der Waals surface area contributed by atoms with Crippen LogP contribution in [-0.2, 0) is 16.6 Å². The molecule has 0 fully saturated rings. The summed E-state index contributed by atoms with van der Waals surface area (Å²) in [5, 5.41) is 0. The molecule has 0 atom stereocenters. The Kier molecular flexibility index (Phi) is 5.30. The molecule has 0 amide bonds. The number of nitrogens with zero attached hydrogens (tertiary/aromatic N) is 2. The maximum absolute atomic E-state index is 12.2. The monoisotopic (exact) mass is 352 g/mol. The van der Waals surface area contributed by atoms with Crippen molar-refractivity contribution in [1.29, 1.82) is 0 Å². The standard InChI is InChI=1S/C16H20N2O5S/c1-17(2)24(20,21)14-6-8-16(19)18(11-14)10-12-9-13(22-3)5-7-15(12)23-4/h5-9,11H,10H2,1-4H3. The summed E-state index contributed by atoms with van der Waals surface area (Å²) in [7, 11) is 2.33. The number of ether oxygens (including phenoxy) is 2. The molecule has 0 bridgehead atoms. The number of methoxy groups -OCH3 is 2. The van der Waals surface area contributed by atoms with Crippen LogP contribution in [-0.4, -0.2) is 45.6 Å². The first-order chi connectivity index (χ1) is 11.3. The zero-order valence-corrected chi connectivity index (χ0v) is 14.8. The fourth-order valence-electron chi connectivity index (χ4n) is 2.19. The summed E-state index contributed by atoms with van der Waals surface area (Å²) in [5.41, 5.74) is 0.399. The van der Waals surface area contributed by atoms with Gasteiger partial charge in [0.05, 0.1) is 25.7 Å². The number of hydrogen-bond acceptors (Lipinski definition) is 5. The number of hydrogen-bond donors (Lipinski definition) is 0. The lowest BCUT2D eigenvalue weighted by molar-refractivity contribution is 0.397. The molecule has 1 aromatic heterocycles. The van der Waals surface area contributed by atoms with Crippen LogP contribution in [0, 0.1) is 0 Å². The first-order valence-corrected chi connectivity index (χ1v) is 8.57. The Hall–Kier alpha value is -2.32. The number of benzene rings is 1. The number of pyridine rings is 1. The van der Waals surface area contributed by atoms with Crippen molar-refractivity contribution in [3.8, 4) is 11.5 Å². The second-order valence-electron chi connectivity index (χ2n) is 5.30. The molecule has 0 aliphatic carbocycles. The van der Waals surface area contributed by atoms with Crippen LogP contribution in [0.25, 0.3) is 0 Å². The van der Waals surface area contributed by atoms with Gasteiger partial charge in [0.15, 0.2) is 0 Å². The van der Waals surface area contributed by atoms with Gasteiger partial charge in [-0.15, -0.1) is 0 Å². The van der Waals surface area contributed by atoms with Crippen LogP contribution in [0.1, 0.15) is 5.56 Å². The summed E-state index contributed by atoms with van der Waals surface area (Å²) in [6.07, 6.45) is 1.33. The van der Waals surface area contributed by atoms with Crippen molar-refractivity contribution in [2.45, 2.75) is 11.4 Å². The summed E-state index contributed by atoms with van der Waals surface area (Å²) in [5.74, 6) is 1.21. The Morgan fingerprint density at radius 3 is 2.38 bits per heavy atom. The summed E-state index contributed by atoms with van der Waals surface area (Å²) in [6.45, 7) is 0.163. The van der Waals surface area contributed by atoms with Crippen molar-refractivity contribution in [1.82, 2.24) is 8.87 Å². The minimum atomic E-state index is -3.62. The van der Waals surface area contributed by atoms with Crippen molar-refractivity contribution < 1.29 is 17.9 Å². The van der Waals surface area contributed by atoms with Crippen LogP contribution in [0.5, 0.6) is 11.5 Å². The molecule has 0 N–H and O–H groups in total. The van der Waals surface area contributed by atoms with Gasteiger partial charge in [0.2, 0.25) is 10.0 Å². The topological polar surface area (TPSA) is 77.8 Å². The zero-order valence-electron chi connectivity index (χ0n) is 14.0. The van der Waals surface area contributed by atoms with E-state index in [9.17, 15) is 13.2 Å². The van der Waals surface area contributed by atoms with Crippen LogP contribution < -0.4 is 15.0 Å². The van der Waals surface area contributed by atoms with Crippen molar-refractivity contribution in [2.24, 2.45) is 0 Å². The minimum Gasteiger partial charge on any atom is -0.497 e. The van der Waals surface area contributed by atoms with Gasteiger partial charge >= 0.3 is 0 Å². The van der Waals surface area contributed by atoms with Gasteiger partial charge in [-0.2, -0.15) is 0 Å². The molecule has 2 rings (SSSR count). The average molecular weight is 352 g/mol. The third-order valence-corrected chi connectivity index (χ3v) is 5.36. The van der Waals surface area contributed by atoms with E-state index in [-0.39, 0.29) is 17.0 Å². The number of sulfonamides is 1. The van der Waals surface area contributed by atoms with Crippen LogP contribution in [0.4, 0.5) is 0 Å². The molecule has 0 radical (unpaired) electrons. The Morgan fingerprint density at radius 1 is 1.08 bits per heavy atom. The Balaban J connectivity index is 2.49. The van der Waals surface area contributed by atoms with E-state index in [1.807, 2.05) is 0 Å². The van der Waals surface area contributed by atoms with E-state index >= 15 is 0 Å². The SMILES string of the molecule is COc1ccc(OC)c(Cn2cc(S(=O)(=O)N(C)C)ccc2=O)c1. The van der Waals surface area contributed by atoms with Crippen LogP contribution >= 0.6 is 0 Å². The highest BCUT2D eigenvalue weighted by molar-refractivity contribution is 7.89. The van der Waals surface area contributed by atoms with Gasteiger partial charge in [-0.1, -0.05) is 0 Å². The fourth-order valence-corrected chi connectivity index (χ4v) is 3.11. The van der Waals surface area contributed by atoms with Gasteiger partial charge in [0.1, 0.15) is 11.5 Å². The molecule has 0 saturated carbocycles. The van der Waals surface area contributed by atoms with Gasteiger partial charge in [-0.05, 0) is 24.3 Å². The van der Waals surface area contributed by atoms with E-state index < -0.39 is 10.0 Å². The molecule has 1 heterocycles. The molecule has 24 heavy (non-hydrogen) atoms. The molecule has 0 spiro atoms. The first-order valence-electron chi connectivity index (χ1n) is 7.13. The van der Waals surface area contributed by atoms with Crippen LogP contribution in [0.15, 0.2) is 46.2 Å². The lowest BCUT2D eigenvalue weighted by Gasteiger charge is -2.15. The number of rotatable bonds is 6. The highest BCUT2D eigenvalue weighted by Crippen LogP contribution is 2.24. The second kappa shape index (κ2) is 7.06. The second-order valence-corrected chi connectivity index (χ2v) is 7.45. The molecule has 130 valence electrons. The molecule has 7 nitrogen and oxygen atoms in total. The van der Waals surface area contributed by atoms with Gasteiger partial charge < -0.3 is 14.0 Å². The van der Waals surface area contributed by atoms with Crippen molar-refractivity contribution in [3.63, 3.8) is 0 Å². The quantitative estimate of drug-likeness (QED) is 0.780. The van der Waals surface area contributed by atoms with Gasteiger partial charge in [0.25, 0.3) is 5.56 Å². The molecule has 0 unspecified atom stereocenters. The molecule has 0 aliphatic rings. The highest BCUT2D eigenvalue weighted by Gasteiger charge is 2.18. The lowest BCUT2D eigenvalue weighted by atomic mass is 10.2. The largest absolute Gasteiger partial charge is 0.497 e. The predicted molar refractivity (Wildman–Crippen MR) is 90.2 cm³/mol. The molecular formula is C16H20N2O5S. The van der Waals surface area contributed by atoms with Gasteiger partial charge in [-0.25, -0.2) is 12.7 Å². The molecular weight excluding hydrogens is 332 g/mol. The summed E-state index contributed by atoms with van der Waals surface area (Å²) in [6, 6.07) is 7.77. The van der Waals surface area contributed by atoms with Crippen LogP contribution in [0.2, 0.25) is 0 Å². The van der Waals surface area contributed by atoms with Gasteiger partial charge in [-0.3, -0.25) is 4.79 Å². The molecule has 0 aliphatic heterocycles. The first kappa shape index (κ1) is 18.0. The fraction of sp³-hybridized carbons (Fsp3) is 0.312. The van der Waals surface area contributed by atoms with Crippen molar-refractivity contribution in [3.05, 3.63) is 52.4 Å². The molecule has 0 saturated heterocycles. The van der Waals surface area contributed by atoms with E-state index in [0.29, 0.717) is 17.1 Å². The Bertz CT molecular complexity index is 888. The maximum Gasteiger partial charge on any atom is 0.250 e. The van der Waals surface area contributed by atoms with E-state index in [2.05, 4.69) is 0 Å². The van der Waals surface area contributed by atoms with E-state index in [0.717, 1.165) is 4.31 Å². The minimum absolute atomic E-state index is 0.0500. The maximum atomic E-state index is 12.2. The Labute approximate surface area is 141 Å². The van der Waals surface area contributed by atoms with E-state index in [1.165, 1.54) is 44.1 Å². The molecule has 8 heteroatoms.